The van der Waals surface area contributed by atoms with Crippen molar-refractivity contribution in [3.05, 3.63) is 34.6 Å². The fraction of sp³-hybridized carbons (Fsp3) is 0.222. The van der Waals surface area contributed by atoms with E-state index in [9.17, 15) is 22.4 Å². The number of hydrogen-bond acceptors (Lipinski definition) is 2. The predicted molar refractivity (Wildman–Crippen MR) is 51.0 cm³/mol. The topological polar surface area (TPSA) is 63.3 Å². The Hall–Kier alpha value is -1.34. The molecule has 1 rings (SSSR count). The van der Waals surface area contributed by atoms with Gasteiger partial charge in [-0.25, -0.2) is 9.18 Å². The molecule has 0 heterocycles. The highest BCUT2D eigenvalue weighted by Crippen LogP contribution is 2.38. The highest BCUT2D eigenvalue weighted by molar-refractivity contribution is 6.30. The van der Waals surface area contributed by atoms with Gasteiger partial charge in [0.2, 0.25) is 5.54 Å². The Labute approximate surface area is 97.8 Å². The summed E-state index contributed by atoms with van der Waals surface area (Å²) in [6.07, 6.45) is -5.34. The van der Waals surface area contributed by atoms with Crippen LogP contribution in [-0.4, -0.2) is 17.3 Å². The Morgan fingerprint density at radius 3 is 2.24 bits per heavy atom. The molecule has 1 unspecified atom stereocenters. The van der Waals surface area contributed by atoms with Gasteiger partial charge in [0.05, 0.1) is 0 Å². The number of halogens is 5. The number of benzene rings is 1. The molecule has 0 fully saturated rings. The standard InChI is InChI=1S/C9H6ClF4NO2/c10-4-1-2-5(6(11)3-4)8(15,7(16)17)9(12,13)14/h1-3H,15H2,(H,16,17). The summed E-state index contributed by atoms with van der Waals surface area (Å²) < 4.78 is 51.2. The first kappa shape index (κ1) is 13.7. The number of carboxylic acid groups (broad SMARTS) is 1. The zero-order chi connectivity index (χ0) is 13.4. The second-order valence-corrected chi connectivity index (χ2v) is 3.67. The number of alkyl halides is 3. The average Bonchev–Trinajstić information content (AvgIpc) is 2.14. The third kappa shape index (κ3) is 2.20. The molecule has 1 aromatic carbocycles. The van der Waals surface area contributed by atoms with Crippen molar-refractivity contribution in [3.63, 3.8) is 0 Å². The molecule has 0 aromatic heterocycles. The molecule has 1 atom stereocenters. The summed E-state index contributed by atoms with van der Waals surface area (Å²) in [5.41, 5.74) is -0.214. The molecule has 3 nitrogen and oxygen atoms in total. The van der Waals surface area contributed by atoms with Gasteiger partial charge in [0.1, 0.15) is 5.82 Å². The molecule has 0 saturated heterocycles. The van der Waals surface area contributed by atoms with E-state index in [0.717, 1.165) is 6.07 Å². The molecule has 0 spiro atoms. The highest BCUT2D eigenvalue weighted by Gasteiger charge is 2.60. The summed E-state index contributed by atoms with van der Waals surface area (Å²) in [5.74, 6) is -3.83. The maximum atomic E-state index is 13.3. The van der Waals surface area contributed by atoms with Crippen LogP contribution in [0.5, 0.6) is 0 Å². The second kappa shape index (κ2) is 4.15. The molecule has 0 bridgehead atoms. The number of carboxylic acids is 1. The van der Waals surface area contributed by atoms with E-state index < -0.39 is 29.1 Å². The number of rotatable bonds is 2. The molecule has 0 saturated carbocycles. The number of nitrogens with two attached hydrogens (primary N) is 1. The molecule has 0 amide bonds. The van der Waals surface area contributed by atoms with Gasteiger partial charge in [0.25, 0.3) is 0 Å². The SMILES string of the molecule is NC(C(=O)O)(c1ccc(Cl)cc1F)C(F)(F)F. The lowest BCUT2D eigenvalue weighted by atomic mass is 9.90. The van der Waals surface area contributed by atoms with Crippen molar-refractivity contribution in [1.82, 2.24) is 0 Å². The van der Waals surface area contributed by atoms with Gasteiger partial charge in [0.15, 0.2) is 0 Å². The molecule has 94 valence electrons. The summed E-state index contributed by atoms with van der Waals surface area (Å²) in [6, 6.07) is 2.09. The van der Waals surface area contributed by atoms with Crippen molar-refractivity contribution >= 4 is 17.6 Å². The van der Waals surface area contributed by atoms with E-state index in [1.54, 1.807) is 0 Å². The molecule has 8 heteroatoms. The molecule has 1 aromatic rings. The van der Waals surface area contributed by atoms with E-state index in [0.29, 0.717) is 12.1 Å². The minimum absolute atomic E-state index is 0.166. The first-order valence-electron chi connectivity index (χ1n) is 4.15. The number of carbonyl (C=O) groups is 1. The summed E-state index contributed by atoms with van der Waals surface area (Å²) in [6.45, 7) is 0. The van der Waals surface area contributed by atoms with Crippen molar-refractivity contribution in [2.75, 3.05) is 0 Å². The quantitative estimate of drug-likeness (QED) is 0.811. The van der Waals surface area contributed by atoms with Crippen molar-refractivity contribution in [2.24, 2.45) is 5.73 Å². The van der Waals surface area contributed by atoms with E-state index in [-0.39, 0.29) is 5.02 Å². The highest BCUT2D eigenvalue weighted by atomic mass is 35.5. The van der Waals surface area contributed by atoms with Gasteiger partial charge >= 0.3 is 12.1 Å². The summed E-state index contributed by atoms with van der Waals surface area (Å²) in [5, 5.41) is 8.41. The summed E-state index contributed by atoms with van der Waals surface area (Å²) in [7, 11) is 0. The lowest BCUT2D eigenvalue weighted by Crippen LogP contribution is -2.57. The van der Waals surface area contributed by atoms with Crippen molar-refractivity contribution in [1.29, 1.82) is 0 Å². The van der Waals surface area contributed by atoms with Crippen molar-refractivity contribution in [2.45, 2.75) is 11.7 Å². The first-order valence-corrected chi connectivity index (χ1v) is 4.53. The smallest absolute Gasteiger partial charge is 0.421 e. The van der Waals surface area contributed by atoms with E-state index >= 15 is 0 Å². The zero-order valence-electron chi connectivity index (χ0n) is 8.05. The lowest BCUT2D eigenvalue weighted by Gasteiger charge is -2.28. The van der Waals surface area contributed by atoms with Crippen LogP contribution < -0.4 is 5.73 Å². The van der Waals surface area contributed by atoms with Gasteiger partial charge in [-0.1, -0.05) is 17.7 Å². The maximum Gasteiger partial charge on any atom is 0.421 e. The molecule has 0 aliphatic carbocycles. The Kier molecular flexibility index (Phi) is 3.35. The van der Waals surface area contributed by atoms with Gasteiger partial charge in [-0.2, -0.15) is 13.2 Å². The number of hydrogen-bond donors (Lipinski definition) is 2. The summed E-state index contributed by atoms with van der Waals surface area (Å²) in [4.78, 5) is 10.7. The number of aliphatic carboxylic acids is 1. The monoisotopic (exact) mass is 271 g/mol. The molecule has 0 aliphatic rings. The summed E-state index contributed by atoms with van der Waals surface area (Å²) >= 11 is 5.35. The second-order valence-electron chi connectivity index (χ2n) is 3.24. The Balaban J connectivity index is 3.49. The Morgan fingerprint density at radius 1 is 1.35 bits per heavy atom. The molecule has 0 radical (unpaired) electrons. The minimum Gasteiger partial charge on any atom is -0.479 e. The fourth-order valence-corrected chi connectivity index (χ4v) is 1.36. The molecule has 17 heavy (non-hydrogen) atoms. The Bertz CT molecular complexity index is 463. The van der Waals surface area contributed by atoms with Gasteiger partial charge < -0.3 is 10.8 Å². The van der Waals surface area contributed by atoms with E-state index in [2.05, 4.69) is 0 Å². The van der Waals surface area contributed by atoms with Crippen molar-refractivity contribution in [3.8, 4) is 0 Å². The molecule has 0 aliphatic heterocycles. The van der Waals surface area contributed by atoms with Crippen LogP contribution in [0.15, 0.2) is 18.2 Å². The first-order chi connectivity index (χ1) is 7.60. The van der Waals surface area contributed by atoms with Gasteiger partial charge in [0, 0.05) is 10.6 Å². The molecular formula is C9H6ClF4NO2. The third-order valence-electron chi connectivity index (χ3n) is 2.14. The van der Waals surface area contributed by atoms with Gasteiger partial charge in [-0.05, 0) is 12.1 Å². The fourth-order valence-electron chi connectivity index (χ4n) is 1.20. The van der Waals surface area contributed by atoms with Gasteiger partial charge in [-0.15, -0.1) is 0 Å². The van der Waals surface area contributed by atoms with Crippen LogP contribution in [0.4, 0.5) is 17.6 Å². The van der Waals surface area contributed by atoms with Crippen LogP contribution >= 0.6 is 11.6 Å². The van der Waals surface area contributed by atoms with Crippen LogP contribution in [-0.2, 0) is 10.3 Å². The third-order valence-corrected chi connectivity index (χ3v) is 2.38. The minimum atomic E-state index is -5.34. The van der Waals surface area contributed by atoms with Crippen LogP contribution in [0.1, 0.15) is 5.56 Å². The van der Waals surface area contributed by atoms with E-state index in [1.807, 2.05) is 0 Å². The van der Waals surface area contributed by atoms with Crippen LogP contribution in [0.25, 0.3) is 0 Å². The Morgan fingerprint density at radius 2 is 1.88 bits per heavy atom. The largest absolute Gasteiger partial charge is 0.479 e. The van der Waals surface area contributed by atoms with Crippen LogP contribution in [0.3, 0.4) is 0 Å². The average molecular weight is 272 g/mol. The zero-order valence-corrected chi connectivity index (χ0v) is 8.81. The molecular weight excluding hydrogens is 266 g/mol. The lowest BCUT2D eigenvalue weighted by molar-refractivity contribution is -0.205. The van der Waals surface area contributed by atoms with E-state index in [1.165, 1.54) is 0 Å². The van der Waals surface area contributed by atoms with Crippen LogP contribution in [0, 0.1) is 5.82 Å². The predicted octanol–water partition coefficient (Wildman–Crippen LogP) is 2.28. The maximum absolute atomic E-state index is 13.3. The van der Waals surface area contributed by atoms with Crippen LogP contribution in [0.2, 0.25) is 5.02 Å². The van der Waals surface area contributed by atoms with Gasteiger partial charge in [-0.3, -0.25) is 0 Å². The normalized spacial score (nSPS) is 15.4. The van der Waals surface area contributed by atoms with E-state index in [4.69, 9.17) is 22.4 Å². The van der Waals surface area contributed by atoms with Crippen molar-refractivity contribution < 1.29 is 27.5 Å². The molecule has 3 N–H and O–H groups in total.